The molecule has 2 aromatic rings. The minimum Gasteiger partial charge on any atom is -0.351 e. The zero-order valence-corrected chi connectivity index (χ0v) is 11.2. The monoisotopic (exact) mass is 344 g/mol. The molecule has 0 aromatic heterocycles. The van der Waals surface area contributed by atoms with Gasteiger partial charge in [-0.15, -0.1) is 0 Å². The molecule has 0 saturated carbocycles. The van der Waals surface area contributed by atoms with E-state index in [1.165, 1.54) is 12.1 Å². The minimum absolute atomic E-state index is 0.0545. The second-order valence-electron chi connectivity index (χ2n) is 3.75. The summed E-state index contributed by atoms with van der Waals surface area (Å²) in [5, 5.41) is 11.0. The maximum atomic E-state index is 13.9. The van der Waals surface area contributed by atoms with E-state index in [2.05, 4.69) is 21.2 Å². The van der Waals surface area contributed by atoms with E-state index < -0.39 is 29.0 Å². The molecule has 0 saturated heterocycles. The Morgan fingerprint density at radius 1 is 0.900 bits per heavy atom. The zero-order valence-electron chi connectivity index (χ0n) is 9.65. The average molecular weight is 345 g/mol. The fourth-order valence-electron chi connectivity index (χ4n) is 1.50. The van der Waals surface area contributed by atoms with Gasteiger partial charge in [-0.25, -0.2) is 17.6 Å². The molecule has 102 valence electrons. The van der Waals surface area contributed by atoms with Gasteiger partial charge in [-0.2, -0.15) is 5.26 Å². The Morgan fingerprint density at radius 3 is 2.15 bits per heavy atom. The predicted molar refractivity (Wildman–Crippen MR) is 68.4 cm³/mol. The van der Waals surface area contributed by atoms with Crippen molar-refractivity contribution in [3.8, 4) is 6.07 Å². The second-order valence-corrected chi connectivity index (χ2v) is 4.54. The summed E-state index contributed by atoms with van der Waals surface area (Å²) in [5.74, 6) is -5.28. The molecule has 0 amide bonds. The molecule has 1 N–H and O–H groups in total. The van der Waals surface area contributed by atoms with Crippen LogP contribution in [0.3, 0.4) is 0 Å². The maximum Gasteiger partial charge on any atom is 0.196 e. The summed E-state index contributed by atoms with van der Waals surface area (Å²) in [7, 11) is 0. The molecule has 2 nitrogen and oxygen atoms in total. The number of hydrogen-bond acceptors (Lipinski definition) is 2. The van der Waals surface area contributed by atoms with Crippen LogP contribution in [0.2, 0.25) is 0 Å². The van der Waals surface area contributed by atoms with Crippen molar-refractivity contribution in [3.63, 3.8) is 0 Å². The second kappa shape index (κ2) is 5.51. The van der Waals surface area contributed by atoms with Gasteiger partial charge in [0.1, 0.15) is 6.07 Å². The Labute approximate surface area is 119 Å². The van der Waals surface area contributed by atoms with E-state index in [1.54, 1.807) is 6.07 Å². The molecular weight excluding hydrogens is 340 g/mol. The first-order valence-electron chi connectivity index (χ1n) is 5.24. The summed E-state index contributed by atoms with van der Waals surface area (Å²) in [5.41, 5.74) is -0.543. The van der Waals surface area contributed by atoms with Crippen LogP contribution >= 0.6 is 15.9 Å². The van der Waals surface area contributed by atoms with Gasteiger partial charge in [-0.05, 0) is 40.2 Å². The summed E-state index contributed by atoms with van der Waals surface area (Å²) >= 11 is 2.88. The smallest absolute Gasteiger partial charge is 0.196 e. The van der Waals surface area contributed by atoms with Gasteiger partial charge in [0.2, 0.25) is 0 Å². The van der Waals surface area contributed by atoms with E-state index in [0.29, 0.717) is 0 Å². The van der Waals surface area contributed by atoms with E-state index in [0.717, 1.165) is 12.1 Å². The van der Waals surface area contributed by atoms with Gasteiger partial charge in [0.25, 0.3) is 0 Å². The Hall–Kier alpha value is -2.07. The molecule has 0 atom stereocenters. The van der Waals surface area contributed by atoms with Gasteiger partial charge in [0, 0.05) is 0 Å². The average Bonchev–Trinajstić information content (AvgIpc) is 2.44. The number of nitrogens with zero attached hydrogens (tertiary/aromatic N) is 1. The van der Waals surface area contributed by atoms with Crippen LogP contribution < -0.4 is 5.32 Å². The molecule has 0 aliphatic heterocycles. The zero-order chi connectivity index (χ0) is 14.9. The molecule has 0 bridgehead atoms. The summed E-state index contributed by atoms with van der Waals surface area (Å²) in [4.78, 5) is 0. The highest BCUT2D eigenvalue weighted by Gasteiger charge is 2.16. The molecule has 7 heteroatoms. The van der Waals surface area contributed by atoms with Gasteiger partial charge in [-0.3, -0.25) is 0 Å². The normalized spacial score (nSPS) is 10.2. The van der Waals surface area contributed by atoms with Crippen LogP contribution in [0.4, 0.5) is 28.9 Å². The highest BCUT2D eigenvalue weighted by molar-refractivity contribution is 9.10. The van der Waals surface area contributed by atoms with Crippen molar-refractivity contribution in [3.05, 3.63) is 57.6 Å². The molecule has 0 radical (unpaired) electrons. The van der Waals surface area contributed by atoms with E-state index in [9.17, 15) is 17.6 Å². The fraction of sp³-hybridized carbons (Fsp3) is 0. The van der Waals surface area contributed by atoms with Gasteiger partial charge in [0.15, 0.2) is 23.3 Å². The lowest BCUT2D eigenvalue weighted by molar-refractivity contribution is 0.449. The first-order chi connectivity index (χ1) is 9.45. The van der Waals surface area contributed by atoms with Crippen LogP contribution in [-0.2, 0) is 0 Å². The fourth-order valence-corrected chi connectivity index (χ4v) is 1.93. The summed E-state index contributed by atoms with van der Waals surface area (Å²) in [6, 6.07) is 5.91. The highest BCUT2D eigenvalue weighted by Crippen LogP contribution is 2.30. The van der Waals surface area contributed by atoms with Crippen molar-refractivity contribution < 1.29 is 17.6 Å². The SMILES string of the molecule is N#Cc1ccc(Nc2ccc(F)c(F)c2F)c(F)c1Br. The lowest BCUT2D eigenvalue weighted by Crippen LogP contribution is -2.01. The molecule has 0 aliphatic carbocycles. The molecule has 0 heterocycles. The van der Waals surface area contributed by atoms with Crippen molar-refractivity contribution in [2.75, 3.05) is 5.32 Å². The molecule has 0 spiro atoms. The lowest BCUT2D eigenvalue weighted by Gasteiger charge is -2.10. The van der Waals surface area contributed by atoms with Crippen LogP contribution in [0.5, 0.6) is 0 Å². The lowest BCUT2D eigenvalue weighted by atomic mass is 10.2. The van der Waals surface area contributed by atoms with Crippen molar-refractivity contribution >= 4 is 27.3 Å². The predicted octanol–water partition coefficient (Wildman–Crippen LogP) is 4.62. The van der Waals surface area contributed by atoms with Gasteiger partial charge < -0.3 is 5.32 Å². The quantitative estimate of drug-likeness (QED) is 0.637. The van der Waals surface area contributed by atoms with Crippen LogP contribution in [0.1, 0.15) is 5.56 Å². The Kier molecular flexibility index (Phi) is 3.95. The number of hydrogen-bond donors (Lipinski definition) is 1. The van der Waals surface area contributed by atoms with Gasteiger partial charge in [-0.1, -0.05) is 0 Å². The summed E-state index contributed by atoms with van der Waals surface area (Å²) < 4.78 is 53.1. The van der Waals surface area contributed by atoms with Crippen LogP contribution in [-0.4, -0.2) is 0 Å². The Morgan fingerprint density at radius 2 is 1.50 bits per heavy atom. The highest BCUT2D eigenvalue weighted by atomic mass is 79.9. The van der Waals surface area contributed by atoms with Crippen LogP contribution in [0.15, 0.2) is 28.7 Å². The van der Waals surface area contributed by atoms with Crippen LogP contribution in [0.25, 0.3) is 0 Å². The van der Waals surface area contributed by atoms with Crippen molar-refractivity contribution in [1.29, 1.82) is 5.26 Å². The Balaban J connectivity index is 2.44. The number of halogens is 5. The summed E-state index contributed by atoms with van der Waals surface area (Å²) in [6.45, 7) is 0. The van der Waals surface area contributed by atoms with E-state index in [4.69, 9.17) is 5.26 Å². The van der Waals surface area contributed by atoms with E-state index in [1.807, 2.05) is 0 Å². The first kappa shape index (κ1) is 14.3. The third kappa shape index (κ3) is 2.47. The molecule has 2 rings (SSSR count). The molecule has 0 fully saturated rings. The number of rotatable bonds is 2. The van der Waals surface area contributed by atoms with Crippen molar-refractivity contribution in [2.45, 2.75) is 0 Å². The number of nitriles is 1. The summed E-state index contributed by atoms with van der Waals surface area (Å²) in [6.07, 6.45) is 0. The minimum atomic E-state index is -1.65. The largest absolute Gasteiger partial charge is 0.351 e. The first-order valence-corrected chi connectivity index (χ1v) is 6.03. The topological polar surface area (TPSA) is 35.8 Å². The van der Waals surface area contributed by atoms with E-state index in [-0.39, 0.29) is 15.7 Å². The molecule has 0 aliphatic rings. The van der Waals surface area contributed by atoms with Crippen LogP contribution in [0, 0.1) is 34.6 Å². The Bertz CT molecular complexity index is 725. The number of anilines is 2. The molecular formula is C13H5BrF4N2. The number of nitrogens with one attached hydrogen (secondary N) is 1. The third-order valence-electron chi connectivity index (χ3n) is 2.51. The van der Waals surface area contributed by atoms with Crippen molar-refractivity contribution in [2.24, 2.45) is 0 Å². The molecule has 0 unspecified atom stereocenters. The van der Waals surface area contributed by atoms with Gasteiger partial charge in [0.05, 0.1) is 21.4 Å². The standard InChI is InChI=1S/C13H5BrF4N2/c14-10-6(5-19)1-3-8(12(10)17)20-9-4-2-7(15)11(16)13(9)18/h1-4,20H. The van der Waals surface area contributed by atoms with E-state index >= 15 is 0 Å². The van der Waals surface area contributed by atoms with Crippen molar-refractivity contribution in [1.82, 2.24) is 0 Å². The molecule has 20 heavy (non-hydrogen) atoms. The number of benzene rings is 2. The third-order valence-corrected chi connectivity index (χ3v) is 3.28. The van der Waals surface area contributed by atoms with Gasteiger partial charge >= 0.3 is 0 Å². The molecule has 2 aromatic carbocycles. The maximum absolute atomic E-state index is 13.9.